The Kier molecular flexibility index (Phi) is 5.35. The molecule has 0 aliphatic heterocycles. The summed E-state index contributed by atoms with van der Waals surface area (Å²) in [6.45, 7) is 8.21. The predicted molar refractivity (Wildman–Crippen MR) is 75.6 cm³/mol. The van der Waals surface area contributed by atoms with E-state index in [2.05, 4.69) is 48.7 Å². The minimum absolute atomic E-state index is 0.0259. The third kappa shape index (κ3) is 3.84. The summed E-state index contributed by atoms with van der Waals surface area (Å²) in [5.74, 6) is 0.561. The predicted octanol–water partition coefficient (Wildman–Crippen LogP) is 2.60. The van der Waals surface area contributed by atoms with Gasteiger partial charge in [0.05, 0.1) is 12.1 Å². The van der Waals surface area contributed by atoms with Crippen LogP contribution in [-0.4, -0.2) is 19.0 Å². The second-order valence-corrected chi connectivity index (χ2v) is 5.06. The van der Waals surface area contributed by atoms with E-state index in [4.69, 9.17) is 0 Å². The van der Waals surface area contributed by atoms with Gasteiger partial charge in [-0.15, -0.1) is 0 Å². The lowest BCUT2D eigenvalue weighted by Gasteiger charge is -2.18. The Morgan fingerprint density at radius 2 is 1.50 bits per heavy atom. The fourth-order valence-electron chi connectivity index (χ4n) is 1.72. The SMILES string of the molecule is CNC(C)C(=O)NC(C)c1ccc(C(C)C)cc1. The Morgan fingerprint density at radius 1 is 1.00 bits per heavy atom. The summed E-state index contributed by atoms with van der Waals surface area (Å²) in [6.07, 6.45) is 0. The molecule has 0 fully saturated rings. The normalized spacial score (nSPS) is 14.3. The van der Waals surface area contributed by atoms with Gasteiger partial charge in [-0.05, 0) is 37.9 Å². The van der Waals surface area contributed by atoms with Crippen LogP contribution < -0.4 is 10.6 Å². The molecule has 2 N–H and O–H groups in total. The third-order valence-electron chi connectivity index (χ3n) is 3.29. The molecule has 2 atom stereocenters. The van der Waals surface area contributed by atoms with Crippen molar-refractivity contribution in [1.82, 2.24) is 10.6 Å². The molecule has 100 valence electrons. The Hall–Kier alpha value is -1.35. The lowest BCUT2D eigenvalue weighted by Crippen LogP contribution is -2.41. The lowest BCUT2D eigenvalue weighted by molar-refractivity contribution is -0.123. The molecule has 2 unspecified atom stereocenters. The highest BCUT2D eigenvalue weighted by Gasteiger charge is 2.14. The van der Waals surface area contributed by atoms with Gasteiger partial charge in [-0.1, -0.05) is 38.1 Å². The van der Waals surface area contributed by atoms with E-state index in [-0.39, 0.29) is 18.0 Å². The maximum atomic E-state index is 11.8. The Labute approximate surface area is 110 Å². The van der Waals surface area contributed by atoms with Crippen molar-refractivity contribution in [3.63, 3.8) is 0 Å². The minimum atomic E-state index is -0.164. The minimum Gasteiger partial charge on any atom is -0.348 e. The van der Waals surface area contributed by atoms with E-state index in [1.807, 2.05) is 13.8 Å². The summed E-state index contributed by atoms with van der Waals surface area (Å²) in [5.41, 5.74) is 2.46. The van der Waals surface area contributed by atoms with Gasteiger partial charge < -0.3 is 10.6 Å². The number of carbonyl (C=O) groups is 1. The number of hydrogen-bond donors (Lipinski definition) is 2. The molecule has 0 saturated carbocycles. The van der Waals surface area contributed by atoms with Crippen LogP contribution in [0, 0.1) is 0 Å². The van der Waals surface area contributed by atoms with Gasteiger partial charge in [0, 0.05) is 0 Å². The number of amides is 1. The molecule has 1 amide bonds. The van der Waals surface area contributed by atoms with E-state index >= 15 is 0 Å². The van der Waals surface area contributed by atoms with E-state index in [1.165, 1.54) is 5.56 Å². The first kappa shape index (κ1) is 14.7. The fraction of sp³-hybridized carbons (Fsp3) is 0.533. The highest BCUT2D eigenvalue weighted by molar-refractivity contribution is 5.81. The first-order valence-electron chi connectivity index (χ1n) is 6.53. The number of likely N-dealkylation sites (N-methyl/N-ethyl adjacent to an activating group) is 1. The molecule has 0 aliphatic carbocycles. The quantitative estimate of drug-likeness (QED) is 0.841. The zero-order valence-electron chi connectivity index (χ0n) is 11.9. The molecule has 0 heterocycles. The van der Waals surface area contributed by atoms with Crippen molar-refractivity contribution in [2.45, 2.75) is 45.7 Å². The lowest BCUT2D eigenvalue weighted by atomic mass is 9.99. The average Bonchev–Trinajstić information content (AvgIpc) is 2.37. The maximum absolute atomic E-state index is 11.8. The topological polar surface area (TPSA) is 41.1 Å². The van der Waals surface area contributed by atoms with Gasteiger partial charge in [0.25, 0.3) is 0 Å². The first-order chi connectivity index (χ1) is 8.45. The van der Waals surface area contributed by atoms with Crippen LogP contribution in [0.2, 0.25) is 0 Å². The second kappa shape index (κ2) is 6.55. The Balaban J connectivity index is 2.67. The molecule has 0 aliphatic rings. The van der Waals surface area contributed by atoms with Crippen LogP contribution in [0.5, 0.6) is 0 Å². The molecule has 0 saturated heterocycles. The van der Waals surface area contributed by atoms with Gasteiger partial charge in [0.15, 0.2) is 0 Å². The van der Waals surface area contributed by atoms with Crippen LogP contribution in [0.25, 0.3) is 0 Å². The van der Waals surface area contributed by atoms with E-state index < -0.39 is 0 Å². The van der Waals surface area contributed by atoms with Crippen LogP contribution in [0.15, 0.2) is 24.3 Å². The molecule has 3 nitrogen and oxygen atoms in total. The number of hydrogen-bond acceptors (Lipinski definition) is 2. The van der Waals surface area contributed by atoms with Crippen LogP contribution in [-0.2, 0) is 4.79 Å². The summed E-state index contributed by atoms with van der Waals surface area (Å²) in [7, 11) is 1.78. The zero-order chi connectivity index (χ0) is 13.7. The van der Waals surface area contributed by atoms with Gasteiger partial charge in [-0.3, -0.25) is 4.79 Å². The summed E-state index contributed by atoms with van der Waals surface area (Å²) < 4.78 is 0. The molecule has 0 spiro atoms. The maximum Gasteiger partial charge on any atom is 0.237 e. The largest absolute Gasteiger partial charge is 0.348 e. The standard InChI is InChI=1S/C15H24N2O/c1-10(2)13-6-8-14(9-7-13)11(3)17-15(18)12(4)16-5/h6-12,16H,1-5H3,(H,17,18). The molecule has 18 heavy (non-hydrogen) atoms. The van der Waals surface area contributed by atoms with Crippen molar-refractivity contribution in [2.75, 3.05) is 7.05 Å². The second-order valence-electron chi connectivity index (χ2n) is 5.06. The zero-order valence-corrected chi connectivity index (χ0v) is 11.9. The molecule has 1 aromatic carbocycles. The highest BCUT2D eigenvalue weighted by atomic mass is 16.2. The number of rotatable bonds is 5. The van der Waals surface area contributed by atoms with Gasteiger partial charge in [-0.25, -0.2) is 0 Å². The summed E-state index contributed by atoms with van der Waals surface area (Å²) in [5, 5.41) is 5.93. The van der Waals surface area contributed by atoms with Crippen molar-refractivity contribution >= 4 is 5.91 Å². The van der Waals surface area contributed by atoms with Crippen LogP contribution in [0.1, 0.15) is 50.8 Å². The van der Waals surface area contributed by atoms with E-state index in [0.29, 0.717) is 5.92 Å². The van der Waals surface area contributed by atoms with E-state index in [9.17, 15) is 4.79 Å². The Bertz CT molecular complexity index is 384. The molecular formula is C15H24N2O. The Morgan fingerprint density at radius 3 is 1.94 bits per heavy atom. The average molecular weight is 248 g/mol. The first-order valence-corrected chi connectivity index (χ1v) is 6.53. The molecule has 1 aromatic rings. The number of carbonyl (C=O) groups excluding carboxylic acids is 1. The van der Waals surface area contributed by atoms with Gasteiger partial charge in [-0.2, -0.15) is 0 Å². The van der Waals surface area contributed by atoms with E-state index in [0.717, 1.165) is 5.56 Å². The van der Waals surface area contributed by atoms with Crippen molar-refractivity contribution in [1.29, 1.82) is 0 Å². The highest BCUT2D eigenvalue weighted by Crippen LogP contribution is 2.18. The number of nitrogens with one attached hydrogen (secondary N) is 2. The molecule has 0 bridgehead atoms. The smallest absolute Gasteiger partial charge is 0.237 e. The number of benzene rings is 1. The summed E-state index contributed by atoms with van der Waals surface area (Å²) >= 11 is 0. The molecule has 3 heteroatoms. The molecule has 1 rings (SSSR count). The molecular weight excluding hydrogens is 224 g/mol. The summed E-state index contributed by atoms with van der Waals surface area (Å²) in [6, 6.07) is 8.31. The summed E-state index contributed by atoms with van der Waals surface area (Å²) in [4.78, 5) is 11.8. The van der Waals surface area contributed by atoms with Crippen molar-refractivity contribution in [3.8, 4) is 0 Å². The van der Waals surface area contributed by atoms with Gasteiger partial charge in [0.2, 0.25) is 5.91 Å². The van der Waals surface area contributed by atoms with Crippen molar-refractivity contribution in [2.24, 2.45) is 0 Å². The van der Waals surface area contributed by atoms with Gasteiger partial charge >= 0.3 is 0 Å². The molecule has 0 aromatic heterocycles. The van der Waals surface area contributed by atoms with Crippen molar-refractivity contribution in [3.05, 3.63) is 35.4 Å². The van der Waals surface area contributed by atoms with Crippen molar-refractivity contribution < 1.29 is 4.79 Å². The van der Waals surface area contributed by atoms with Crippen LogP contribution in [0.3, 0.4) is 0 Å². The van der Waals surface area contributed by atoms with E-state index in [1.54, 1.807) is 7.05 Å². The van der Waals surface area contributed by atoms with Crippen LogP contribution >= 0.6 is 0 Å². The fourth-order valence-corrected chi connectivity index (χ4v) is 1.72. The third-order valence-corrected chi connectivity index (χ3v) is 3.29. The van der Waals surface area contributed by atoms with Crippen LogP contribution in [0.4, 0.5) is 0 Å². The molecule has 0 radical (unpaired) electrons. The van der Waals surface area contributed by atoms with Gasteiger partial charge in [0.1, 0.15) is 0 Å². The monoisotopic (exact) mass is 248 g/mol.